The molecule has 0 saturated heterocycles. The normalized spacial score (nSPS) is 30.8. The Labute approximate surface area is 153 Å². The van der Waals surface area contributed by atoms with Gasteiger partial charge in [-0.05, 0) is 68.6 Å². The molecule has 4 nitrogen and oxygen atoms in total. The Morgan fingerprint density at radius 3 is 1.40 bits per heavy atom. The first-order chi connectivity index (χ1) is 12.1. The second kappa shape index (κ2) is 10.4. The molecule has 0 atom stereocenters. The topological polar surface area (TPSA) is 52.6 Å². The van der Waals surface area contributed by atoms with E-state index in [9.17, 15) is 9.59 Å². The van der Waals surface area contributed by atoms with Crippen LogP contribution in [0.2, 0.25) is 0 Å². The predicted octanol–water partition coefficient (Wildman–Crippen LogP) is 4.34. The monoisotopic (exact) mass is 352 g/mol. The molecule has 0 aromatic rings. The summed E-state index contributed by atoms with van der Waals surface area (Å²) in [5.41, 5.74) is 0.377. The molecule has 144 valence electrons. The molecular weight excluding hydrogens is 316 g/mol. The predicted molar refractivity (Wildman–Crippen MR) is 98.5 cm³/mol. The molecule has 0 radical (unpaired) electrons. The fraction of sp³-hybridized carbons (Fsp3) is 0.905. The summed E-state index contributed by atoms with van der Waals surface area (Å²) in [7, 11) is 0. The highest BCUT2D eigenvalue weighted by Gasteiger charge is 2.40. The Morgan fingerprint density at radius 2 is 1.08 bits per heavy atom. The molecule has 2 rings (SSSR count). The van der Waals surface area contributed by atoms with Gasteiger partial charge in [-0.2, -0.15) is 0 Å². The molecule has 2 aliphatic carbocycles. The summed E-state index contributed by atoms with van der Waals surface area (Å²) in [6.07, 6.45) is 13.1. The number of hydrogen-bond acceptors (Lipinski definition) is 4. The maximum absolute atomic E-state index is 10.4. The highest BCUT2D eigenvalue weighted by atomic mass is 16.5. The van der Waals surface area contributed by atoms with E-state index in [0.29, 0.717) is 43.7 Å². The van der Waals surface area contributed by atoms with Crippen molar-refractivity contribution in [3.8, 4) is 0 Å². The maximum atomic E-state index is 10.4. The quantitative estimate of drug-likeness (QED) is 0.433. The highest BCUT2D eigenvalue weighted by Crippen LogP contribution is 2.48. The molecule has 0 unspecified atom stereocenters. The zero-order valence-electron chi connectivity index (χ0n) is 16.1. The van der Waals surface area contributed by atoms with Crippen LogP contribution in [0.5, 0.6) is 0 Å². The van der Waals surface area contributed by atoms with Crippen LogP contribution >= 0.6 is 0 Å². The Hall–Kier alpha value is -0.740. The lowest BCUT2D eigenvalue weighted by molar-refractivity contribution is -0.110. The smallest absolute Gasteiger partial charge is 0.122 e. The highest BCUT2D eigenvalue weighted by molar-refractivity contribution is 5.49. The van der Waals surface area contributed by atoms with Gasteiger partial charge in [-0.1, -0.05) is 13.8 Å². The maximum Gasteiger partial charge on any atom is 0.122 e. The van der Waals surface area contributed by atoms with Crippen molar-refractivity contribution in [2.24, 2.45) is 17.3 Å². The van der Waals surface area contributed by atoms with Crippen LogP contribution in [-0.2, 0) is 19.1 Å². The van der Waals surface area contributed by atoms with Gasteiger partial charge in [-0.3, -0.25) is 0 Å². The van der Waals surface area contributed by atoms with Gasteiger partial charge in [0.1, 0.15) is 12.6 Å². The summed E-state index contributed by atoms with van der Waals surface area (Å²) in [5, 5.41) is 0. The van der Waals surface area contributed by atoms with E-state index in [1.807, 2.05) is 0 Å². The van der Waals surface area contributed by atoms with Crippen LogP contribution in [-0.4, -0.2) is 38.0 Å². The van der Waals surface area contributed by atoms with Gasteiger partial charge >= 0.3 is 0 Å². The second-order valence-corrected chi connectivity index (χ2v) is 8.42. The Kier molecular flexibility index (Phi) is 8.57. The van der Waals surface area contributed by atoms with Gasteiger partial charge in [-0.25, -0.2) is 0 Å². The van der Waals surface area contributed by atoms with Crippen LogP contribution in [0.1, 0.15) is 78.1 Å². The minimum Gasteiger partial charge on any atom is -0.378 e. The second-order valence-electron chi connectivity index (χ2n) is 8.42. The third kappa shape index (κ3) is 6.18. The van der Waals surface area contributed by atoms with Gasteiger partial charge in [0.05, 0.1) is 25.4 Å². The Bertz CT molecular complexity index is 355. The molecule has 25 heavy (non-hydrogen) atoms. The molecule has 0 heterocycles. The fourth-order valence-electron chi connectivity index (χ4n) is 4.85. The molecule has 0 aromatic carbocycles. The van der Waals surface area contributed by atoms with E-state index in [0.717, 1.165) is 50.1 Å². The Balaban J connectivity index is 1.72. The Morgan fingerprint density at radius 1 is 0.720 bits per heavy atom. The van der Waals surface area contributed by atoms with Gasteiger partial charge in [0.15, 0.2) is 0 Å². The lowest BCUT2D eigenvalue weighted by atomic mass is 9.60. The molecule has 2 saturated carbocycles. The van der Waals surface area contributed by atoms with Gasteiger partial charge in [0.25, 0.3) is 0 Å². The molecule has 2 aliphatic rings. The van der Waals surface area contributed by atoms with E-state index in [2.05, 4.69) is 13.8 Å². The van der Waals surface area contributed by atoms with Gasteiger partial charge in [0, 0.05) is 12.8 Å². The van der Waals surface area contributed by atoms with Crippen molar-refractivity contribution in [2.75, 3.05) is 13.2 Å². The molecule has 0 spiro atoms. The number of carbonyl (C=O) groups is 2. The molecule has 2 fully saturated rings. The molecule has 0 aliphatic heterocycles. The van der Waals surface area contributed by atoms with E-state index in [-0.39, 0.29) is 0 Å². The average molecular weight is 353 g/mol. The van der Waals surface area contributed by atoms with Crippen LogP contribution in [0.25, 0.3) is 0 Å². The first kappa shape index (κ1) is 20.6. The third-order valence-corrected chi connectivity index (χ3v) is 6.63. The van der Waals surface area contributed by atoms with Crippen molar-refractivity contribution in [2.45, 2.75) is 90.3 Å². The van der Waals surface area contributed by atoms with Crippen molar-refractivity contribution in [3.63, 3.8) is 0 Å². The van der Waals surface area contributed by atoms with Crippen LogP contribution in [0.15, 0.2) is 0 Å². The van der Waals surface area contributed by atoms with Gasteiger partial charge in [0.2, 0.25) is 0 Å². The molecule has 4 heteroatoms. The van der Waals surface area contributed by atoms with E-state index in [1.54, 1.807) is 0 Å². The first-order valence-corrected chi connectivity index (χ1v) is 10.2. The van der Waals surface area contributed by atoms with E-state index >= 15 is 0 Å². The summed E-state index contributed by atoms with van der Waals surface area (Å²) in [4.78, 5) is 20.8. The summed E-state index contributed by atoms with van der Waals surface area (Å²) in [5.74, 6) is 1.55. The molecular formula is C21H36O4. The summed E-state index contributed by atoms with van der Waals surface area (Å²) in [6, 6.07) is 0. The number of rotatable bonds is 10. The molecule has 0 N–H and O–H groups in total. The van der Waals surface area contributed by atoms with Gasteiger partial charge < -0.3 is 19.1 Å². The van der Waals surface area contributed by atoms with Crippen LogP contribution in [0.4, 0.5) is 0 Å². The van der Waals surface area contributed by atoms with E-state index < -0.39 is 0 Å². The van der Waals surface area contributed by atoms with Crippen molar-refractivity contribution in [1.29, 1.82) is 0 Å². The molecule has 0 bridgehead atoms. The van der Waals surface area contributed by atoms with E-state index in [1.165, 1.54) is 25.7 Å². The van der Waals surface area contributed by atoms with Crippen LogP contribution in [0.3, 0.4) is 0 Å². The zero-order chi connectivity index (χ0) is 18.1. The van der Waals surface area contributed by atoms with Crippen LogP contribution < -0.4 is 0 Å². The van der Waals surface area contributed by atoms with E-state index in [4.69, 9.17) is 9.47 Å². The number of aldehydes is 2. The SMILES string of the molecule is CC(C)(C1CCC(OCCC=O)CC1)C1CCC(OCCC=O)CC1. The first-order valence-electron chi connectivity index (χ1n) is 10.2. The molecule has 0 aromatic heterocycles. The standard InChI is InChI=1S/C21H36O4/c1-21(2,17-5-9-19(10-6-17)24-15-3-13-22)18-7-11-20(12-8-18)25-16-4-14-23/h13-14,17-20H,3-12,15-16H2,1-2H3. The summed E-state index contributed by atoms with van der Waals surface area (Å²) in [6.45, 7) is 6.08. The average Bonchev–Trinajstić information content (AvgIpc) is 2.63. The number of hydrogen-bond donors (Lipinski definition) is 0. The van der Waals surface area contributed by atoms with Gasteiger partial charge in [-0.15, -0.1) is 0 Å². The summed E-state index contributed by atoms with van der Waals surface area (Å²) >= 11 is 0. The number of ether oxygens (including phenoxy) is 2. The van der Waals surface area contributed by atoms with Crippen molar-refractivity contribution >= 4 is 12.6 Å². The lowest BCUT2D eigenvalue weighted by Gasteiger charge is -2.46. The lowest BCUT2D eigenvalue weighted by Crippen LogP contribution is -2.39. The summed E-state index contributed by atoms with van der Waals surface area (Å²) < 4.78 is 11.6. The molecule has 0 amide bonds. The minimum absolute atomic E-state index is 0.356. The van der Waals surface area contributed by atoms with Crippen molar-refractivity contribution < 1.29 is 19.1 Å². The van der Waals surface area contributed by atoms with Crippen molar-refractivity contribution in [1.82, 2.24) is 0 Å². The third-order valence-electron chi connectivity index (χ3n) is 6.63. The number of carbonyl (C=O) groups excluding carboxylic acids is 2. The van der Waals surface area contributed by atoms with Crippen molar-refractivity contribution in [3.05, 3.63) is 0 Å². The zero-order valence-corrected chi connectivity index (χ0v) is 16.1. The largest absolute Gasteiger partial charge is 0.378 e. The van der Waals surface area contributed by atoms with Crippen LogP contribution in [0, 0.1) is 17.3 Å². The fourth-order valence-corrected chi connectivity index (χ4v) is 4.85. The minimum atomic E-state index is 0.356.